The number of sulfonamides is 1. The maximum absolute atomic E-state index is 12.9. The Kier molecular flexibility index (Phi) is 6.47. The lowest BCUT2D eigenvalue weighted by atomic mass is 10.1. The molecule has 5 rings (SSSR count). The van der Waals surface area contributed by atoms with E-state index in [9.17, 15) is 13.2 Å². The predicted octanol–water partition coefficient (Wildman–Crippen LogP) is 6.53. The van der Waals surface area contributed by atoms with Crippen LogP contribution in [0.1, 0.15) is 15.9 Å². The van der Waals surface area contributed by atoms with Gasteiger partial charge in [-0.15, -0.1) is 11.8 Å². The Balaban J connectivity index is 1.33. The molecule has 0 fully saturated rings. The van der Waals surface area contributed by atoms with Gasteiger partial charge in [0.25, 0.3) is 5.91 Å². The van der Waals surface area contributed by atoms with Crippen molar-refractivity contribution < 1.29 is 17.6 Å². The molecule has 1 heterocycles. The number of nitrogens with one attached hydrogen (secondary N) is 1. The summed E-state index contributed by atoms with van der Waals surface area (Å²) in [7, 11) is -3.50. The fourth-order valence-corrected chi connectivity index (χ4v) is 5.43. The van der Waals surface area contributed by atoms with Gasteiger partial charge in [0.2, 0.25) is 10.0 Å². The Morgan fingerprint density at radius 3 is 2.39 bits per heavy atom. The van der Waals surface area contributed by atoms with Gasteiger partial charge in [-0.25, -0.2) is 8.42 Å². The number of fused-ring (bicyclic) bond motifs is 3. The molecule has 4 aromatic carbocycles. The molecule has 1 amide bonds. The number of amides is 1. The largest absolute Gasteiger partial charge is 0.456 e. The molecule has 0 saturated carbocycles. The van der Waals surface area contributed by atoms with Crippen LogP contribution in [0.2, 0.25) is 0 Å². The van der Waals surface area contributed by atoms with E-state index < -0.39 is 10.0 Å². The molecule has 0 spiro atoms. The first-order valence-electron chi connectivity index (χ1n) is 11.3. The molecule has 0 saturated heterocycles. The third-order valence-corrected chi connectivity index (χ3v) is 7.79. The zero-order valence-electron chi connectivity index (χ0n) is 19.8. The van der Waals surface area contributed by atoms with Crippen molar-refractivity contribution in [2.24, 2.45) is 0 Å². The van der Waals surface area contributed by atoms with Gasteiger partial charge >= 0.3 is 0 Å². The van der Waals surface area contributed by atoms with Crippen molar-refractivity contribution in [3.05, 3.63) is 102 Å². The van der Waals surface area contributed by atoms with E-state index in [1.165, 1.54) is 10.6 Å². The van der Waals surface area contributed by atoms with Gasteiger partial charge in [0.05, 0.1) is 18.5 Å². The average molecular weight is 517 g/mol. The molecular weight excluding hydrogens is 492 g/mol. The fraction of sp³-hybridized carbons (Fsp3) is 0.107. The summed E-state index contributed by atoms with van der Waals surface area (Å²) in [6.07, 6.45) is 3.14. The highest BCUT2D eigenvalue weighted by molar-refractivity contribution is 7.98. The number of carbonyl (C=O) groups is 1. The van der Waals surface area contributed by atoms with Crippen LogP contribution in [0.15, 0.2) is 100 Å². The average Bonchev–Trinajstić information content (AvgIpc) is 3.24. The minimum atomic E-state index is -3.50. The minimum Gasteiger partial charge on any atom is -0.456 e. The third-order valence-electron chi connectivity index (χ3n) is 5.92. The Hall–Kier alpha value is -3.75. The number of para-hydroxylation sites is 1. The Morgan fingerprint density at radius 1 is 0.889 bits per heavy atom. The number of furan rings is 1. The molecular formula is C28H24N2O4S2. The zero-order valence-corrected chi connectivity index (χ0v) is 21.4. The van der Waals surface area contributed by atoms with E-state index in [-0.39, 0.29) is 12.5 Å². The lowest BCUT2D eigenvalue weighted by Gasteiger charge is -2.23. The van der Waals surface area contributed by atoms with E-state index in [1.54, 1.807) is 42.1 Å². The van der Waals surface area contributed by atoms with Gasteiger partial charge in [-0.3, -0.25) is 9.10 Å². The van der Waals surface area contributed by atoms with Crippen molar-refractivity contribution in [3.8, 4) is 0 Å². The third kappa shape index (κ3) is 4.96. The Morgan fingerprint density at radius 2 is 1.64 bits per heavy atom. The second-order valence-corrected chi connectivity index (χ2v) is 11.2. The van der Waals surface area contributed by atoms with E-state index in [2.05, 4.69) is 5.32 Å². The molecule has 182 valence electrons. The van der Waals surface area contributed by atoms with Crippen LogP contribution in [0.4, 0.5) is 11.4 Å². The van der Waals surface area contributed by atoms with Crippen LogP contribution in [0.3, 0.4) is 0 Å². The van der Waals surface area contributed by atoms with Crippen molar-refractivity contribution in [2.75, 3.05) is 22.1 Å². The molecule has 8 heteroatoms. The molecule has 0 bridgehead atoms. The van der Waals surface area contributed by atoms with Gasteiger partial charge in [-0.1, -0.05) is 36.4 Å². The van der Waals surface area contributed by atoms with Crippen LogP contribution in [0.5, 0.6) is 0 Å². The van der Waals surface area contributed by atoms with E-state index in [0.717, 1.165) is 26.8 Å². The molecule has 0 aliphatic rings. The highest BCUT2D eigenvalue weighted by Crippen LogP contribution is 2.30. The minimum absolute atomic E-state index is 0.168. The second kappa shape index (κ2) is 9.72. The first-order chi connectivity index (χ1) is 17.3. The number of nitrogens with zero attached hydrogens (tertiary/aromatic N) is 1. The van der Waals surface area contributed by atoms with Gasteiger partial charge in [-0.05, 0) is 60.4 Å². The molecule has 1 N–H and O–H groups in total. The summed E-state index contributed by atoms with van der Waals surface area (Å²) in [6, 6.07) is 27.8. The number of carbonyl (C=O) groups excluding carboxylic acids is 1. The van der Waals surface area contributed by atoms with Gasteiger partial charge in [0.1, 0.15) is 11.2 Å². The first-order valence-corrected chi connectivity index (χ1v) is 14.3. The highest BCUT2D eigenvalue weighted by Gasteiger charge is 2.19. The van der Waals surface area contributed by atoms with Crippen molar-refractivity contribution in [3.63, 3.8) is 0 Å². The number of benzene rings is 4. The Labute approximate surface area is 214 Å². The van der Waals surface area contributed by atoms with E-state index in [0.29, 0.717) is 22.5 Å². The predicted molar refractivity (Wildman–Crippen MR) is 147 cm³/mol. The number of hydrogen-bond acceptors (Lipinski definition) is 5. The van der Waals surface area contributed by atoms with Crippen molar-refractivity contribution >= 4 is 61.0 Å². The summed E-state index contributed by atoms with van der Waals surface area (Å²) in [6.45, 7) is 0.168. The number of hydrogen-bond donors (Lipinski definition) is 1. The molecule has 0 unspecified atom stereocenters. The smallest absolute Gasteiger partial charge is 0.255 e. The number of rotatable bonds is 7. The molecule has 1 aromatic heterocycles. The van der Waals surface area contributed by atoms with Gasteiger partial charge in [-0.2, -0.15) is 0 Å². The van der Waals surface area contributed by atoms with Crippen LogP contribution in [0, 0.1) is 0 Å². The van der Waals surface area contributed by atoms with Crippen LogP contribution >= 0.6 is 11.8 Å². The van der Waals surface area contributed by atoms with Crippen LogP contribution in [-0.2, 0) is 16.6 Å². The van der Waals surface area contributed by atoms with E-state index >= 15 is 0 Å². The van der Waals surface area contributed by atoms with Crippen molar-refractivity contribution in [2.45, 2.75) is 11.4 Å². The number of thioether (sulfide) groups is 1. The van der Waals surface area contributed by atoms with E-state index in [1.807, 2.05) is 66.9 Å². The van der Waals surface area contributed by atoms with E-state index in [4.69, 9.17) is 4.42 Å². The maximum Gasteiger partial charge on any atom is 0.255 e. The zero-order chi connectivity index (χ0) is 25.3. The molecule has 0 aliphatic carbocycles. The van der Waals surface area contributed by atoms with Crippen LogP contribution < -0.4 is 9.62 Å². The van der Waals surface area contributed by atoms with Crippen molar-refractivity contribution in [1.29, 1.82) is 0 Å². The maximum atomic E-state index is 12.9. The molecule has 0 radical (unpaired) electrons. The SMILES string of the molecule is CSc1cccc(N(Cc2ccc(C(=O)Nc3ccc4c(c3)oc3ccccc34)cc2)S(C)(=O)=O)c1. The van der Waals surface area contributed by atoms with Crippen LogP contribution in [-0.4, -0.2) is 26.8 Å². The quantitative estimate of drug-likeness (QED) is 0.249. The van der Waals surface area contributed by atoms with Gasteiger partial charge < -0.3 is 9.73 Å². The van der Waals surface area contributed by atoms with Crippen LogP contribution in [0.25, 0.3) is 21.9 Å². The van der Waals surface area contributed by atoms with Gasteiger partial charge in [0.15, 0.2) is 0 Å². The summed E-state index contributed by atoms with van der Waals surface area (Å²) in [5.74, 6) is -0.260. The highest BCUT2D eigenvalue weighted by atomic mass is 32.2. The first kappa shape index (κ1) is 24.0. The molecule has 36 heavy (non-hydrogen) atoms. The molecule has 0 atom stereocenters. The summed E-state index contributed by atoms with van der Waals surface area (Å²) in [5, 5.41) is 4.93. The summed E-state index contributed by atoms with van der Waals surface area (Å²) < 4.78 is 32.3. The fourth-order valence-electron chi connectivity index (χ4n) is 4.10. The monoisotopic (exact) mass is 516 g/mol. The molecule has 0 aliphatic heterocycles. The standard InChI is InChI=1S/C28H24N2O4S2/c1-35-23-7-5-6-22(17-23)30(36(2,32)33)18-19-10-12-20(13-11-19)28(31)29-21-14-15-25-24-8-3-4-9-26(24)34-27(25)16-21/h3-17H,18H2,1-2H3,(H,29,31). The summed E-state index contributed by atoms with van der Waals surface area (Å²) >= 11 is 1.55. The second-order valence-electron chi connectivity index (χ2n) is 8.43. The van der Waals surface area contributed by atoms with Crippen molar-refractivity contribution in [1.82, 2.24) is 0 Å². The lowest BCUT2D eigenvalue weighted by Crippen LogP contribution is -2.29. The summed E-state index contributed by atoms with van der Waals surface area (Å²) in [5.41, 5.74) is 3.99. The topological polar surface area (TPSA) is 79.6 Å². The normalized spacial score (nSPS) is 11.6. The molecule has 6 nitrogen and oxygen atoms in total. The number of anilines is 2. The summed E-state index contributed by atoms with van der Waals surface area (Å²) in [4.78, 5) is 13.8. The Bertz CT molecular complexity index is 1680. The molecule has 5 aromatic rings. The lowest BCUT2D eigenvalue weighted by molar-refractivity contribution is 0.102. The van der Waals surface area contributed by atoms with Gasteiger partial charge in [0, 0.05) is 33.0 Å².